The van der Waals surface area contributed by atoms with Crippen LogP contribution >= 0.6 is 0 Å². The van der Waals surface area contributed by atoms with E-state index >= 15 is 0 Å². The standard InChI is InChI=1S/C19H17F3O2/c1-12-9-14-5-8-17(24-19(20,21)22)10-15(14)11-18(12)13-3-6-16(23-2)7-4-13/h3-8,10-12H,9H2,1-2H3. The first kappa shape index (κ1) is 16.4. The van der Waals surface area contributed by atoms with Gasteiger partial charge in [-0.15, -0.1) is 13.2 Å². The Hall–Kier alpha value is -2.43. The molecular formula is C19H17F3O2. The summed E-state index contributed by atoms with van der Waals surface area (Å²) in [7, 11) is 1.61. The van der Waals surface area contributed by atoms with Gasteiger partial charge in [0.05, 0.1) is 7.11 Å². The Kier molecular flexibility index (Phi) is 4.26. The molecule has 2 aromatic rings. The molecular weight excluding hydrogens is 317 g/mol. The third-order valence-corrected chi connectivity index (χ3v) is 4.14. The Morgan fingerprint density at radius 2 is 1.67 bits per heavy atom. The van der Waals surface area contributed by atoms with E-state index in [0.717, 1.165) is 34.4 Å². The smallest absolute Gasteiger partial charge is 0.497 e. The molecule has 0 aromatic heterocycles. The van der Waals surface area contributed by atoms with Crippen molar-refractivity contribution in [3.63, 3.8) is 0 Å². The average Bonchev–Trinajstić information content (AvgIpc) is 2.53. The third-order valence-electron chi connectivity index (χ3n) is 4.14. The van der Waals surface area contributed by atoms with Crippen LogP contribution < -0.4 is 9.47 Å². The van der Waals surface area contributed by atoms with E-state index in [-0.39, 0.29) is 11.7 Å². The van der Waals surface area contributed by atoms with Gasteiger partial charge in [0.15, 0.2) is 0 Å². The average molecular weight is 334 g/mol. The van der Waals surface area contributed by atoms with Gasteiger partial charge < -0.3 is 9.47 Å². The zero-order chi connectivity index (χ0) is 17.3. The van der Waals surface area contributed by atoms with Crippen LogP contribution in [0.5, 0.6) is 11.5 Å². The molecule has 0 saturated heterocycles. The van der Waals surface area contributed by atoms with Crippen LogP contribution in [0.2, 0.25) is 0 Å². The molecule has 0 radical (unpaired) electrons. The lowest BCUT2D eigenvalue weighted by atomic mass is 9.81. The van der Waals surface area contributed by atoms with Gasteiger partial charge in [0.25, 0.3) is 0 Å². The van der Waals surface area contributed by atoms with Crippen molar-refractivity contribution in [1.29, 1.82) is 0 Å². The highest BCUT2D eigenvalue weighted by molar-refractivity contribution is 5.86. The monoisotopic (exact) mass is 334 g/mol. The summed E-state index contributed by atoms with van der Waals surface area (Å²) in [6, 6.07) is 12.2. The molecule has 1 atom stereocenters. The normalized spacial score (nSPS) is 17.0. The van der Waals surface area contributed by atoms with Crippen LogP contribution in [0.15, 0.2) is 42.5 Å². The van der Waals surface area contributed by atoms with E-state index in [2.05, 4.69) is 11.7 Å². The third kappa shape index (κ3) is 3.55. The lowest BCUT2D eigenvalue weighted by Gasteiger charge is -2.24. The molecule has 1 aliphatic rings. The van der Waals surface area contributed by atoms with Crippen LogP contribution in [0.1, 0.15) is 23.6 Å². The van der Waals surface area contributed by atoms with Crippen molar-refractivity contribution in [1.82, 2.24) is 0 Å². The summed E-state index contributed by atoms with van der Waals surface area (Å²) in [5, 5.41) is 0. The Bertz CT molecular complexity index is 761. The number of hydrogen-bond acceptors (Lipinski definition) is 2. The van der Waals surface area contributed by atoms with Crippen molar-refractivity contribution in [2.24, 2.45) is 5.92 Å². The first-order valence-electron chi connectivity index (χ1n) is 7.60. The Labute approximate surface area is 138 Å². The van der Waals surface area contributed by atoms with Crippen molar-refractivity contribution in [3.8, 4) is 11.5 Å². The van der Waals surface area contributed by atoms with Crippen LogP contribution in [0.25, 0.3) is 11.6 Å². The van der Waals surface area contributed by atoms with Crippen molar-refractivity contribution in [3.05, 3.63) is 59.2 Å². The number of rotatable bonds is 3. The van der Waals surface area contributed by atoms with Gasteiger partial charge >= 0.3 is 6.36 Å². The second-order valence-corrected chi connectivity index (χ2v) is 5.84. The minimum atomic E-state index is -4.68. The SMILES string of the molecule is COc1ccc(C2=Cc3cc(OC(F)(F)F)ccc3CC2C)cc1. The van der Waals surface area contributed by atoms with Crippen molar-refractivity contribution in [2.75, 3.05) is 7.11 Å². The molecule has 0 fully saturated rings. The predicted octanol–water partition coefficient (Wildman–Crippen LogP) is 5.33. The number of fused-ring (bicyclic) bond motifs is 1. The van der Waals surface area contributed by atoms with Crippen LogP contribution in [-0.2, 0) is 6.42 Å². The molecule has 5 heteroatoms. The summed E-state index contributed by atoms with van der Waals surface area (Å²) in [6.07, 6.45) is -1.97. The maximum Gasteiger partial charge on any atom is 0.573 e. The number of hydrogen-bond donors (Lipinski definition) is 0. The summed E-state index contributed by atoms with van der Waals surface area (Å²) in [4.78, 5) is 0. The van der Waals surface area contributed by atoms with E-state index in [9.17, 15) is 13.2 Å². The molecule has 1 unspecified atom stereocenters. The van der Waals surface area contributed by atoms with Crippen molar-refractivity contribution in [2.45, 2.75) is 19.7 Å². The number of benzene rings is 2. The lowest BCUT2D eigenvalue weighted by molar-refractivity contribution is -0.274. The molecule has 1 aliphatic carbocycles. The van der Waals surface area contributed by atoms with E-state index in [1.54, 1.807) is 13.2 Å². The molecule has 0 saturated carbocycles. The van der Waals surface area contributed by atoms with E-state index < -0.39 is 6.36 Å². The molecule has 0 bridgehead atoms. The largest absolute Gasteiger partial charge is 0.573 e. The maximum atomic E-state index is 12.4. The molecule has 0 aliphatic heterocycles. The van der Waals surface area contributed by atoms with E-state index in [1.807, 2.05) is 30.3 Å². The number of ether oxygens (including phenoxy) is 2. The Balaban J connectivity index is 1.96. The second kappa shape index (κ2) is 6.23. The molecule has 0 heterocycles. The van der Waals surface area contributed by atoms with Gasteiger partial charge in [0, 0.05) is 0 Å². The van der Waals surface area contributed by atoms with Crippen LogP contribution in [0.3, 0.4) is 0 Å². The van der Waals surface area contributed by atoms with Gasteiger partial charge in [0.1, 0.15) is 11.5 Å². The number of halogens is 3. The summed E-state index contributed by atoms with van der Waals surface area (Å²) in [5.74, 6) is 0.852. The summed E-state index contributed by atoms with van der Waals surface area (Å²) in [6.45, 7) is 2.11. The van der Waals surface area contributed by atoms with Gasteiger partial charge in [-0.05, 0) is 58.9 Å². The fourth-order valence-corrected chi connectivity index (χ4v) is 2.99. The van der Waals surface area contributed by atoms with Gasteiger partial charge in [-0.25, -0.2) is 0 Å². The fourth-order valence-electron chi connectivity index (χ4n) is 2.99. The van der Waals surface area contributed by atoms with Crippen molar-refractivity contribution < 1.29 is 22.6 Å². The molecule has 3 rings (SSSR count). The van der Waals surface area contributed by atoms with Gasteiger partial charge in [0.2, 0.25) is 0 Å². The van der Waals surface area contributed by atoms with Gasteiger partial charge in [-0.2, -0.15) is 0 Å². The van der Waals surface area contributed by atoms with E-state index in [4.69, 9.17) is 4.74 Å². The first-order chi connectivity index (χ1) is 11.4. The minimum Gasteiger partial charge on any atom is -0.497 e. The maximum absolute atomic E-state index is 12.4. The highest BCUT2D eigenvalue weighted by Crippen LogP contribution is 2.37. The molecule has 2 aromatic carbocycles. The zero-order valence-corrected chi connectivity index (χ0v) is 13.4. The summed E-state index contributed by atoms with van der Waals surface area (Å²) in [5.41, 5.74) is 3.92. The first-order valence-corrected chi connectivity index (χ1v) is 7.60. The molecule has 0 N–H and O–H groups in total. The van der Waals surface area contributed by atoms with Crippen LogP contribution in [0.4, 0.5) is 13.2 Å². The minimum absolute atomic E-state index is 0.193. The van der Waals surface area contributed by atoms with Crippen molar-refractivity contribution >= 4 is 11.6 Å². The second-order valence-electron chi connectivity index (χ2n) is 5.84. The quantitative estimate of drug-likeness (QED) is 0.756. The molecule has 126 valence electrons. The van der Waals surface area contributed by atoms with Gasteiger partial charge in [-0.3, -0.25) is 0 Å². The Morgan fingerprint density at radius 3 is 2.29 bits per heavy atom. The molecule has 0 spiro atoms. The lowest BCUT2D eigenvalue weighted by Crippen LogP contribution is -2.17. The highest BCUT2D eigenvalue weighted by atomic mass is 19.4. The molecule has 0 amide bonds. The van der Waals surface area contributed by atoms with Gasteiger partial charge in [-0.1, -0.05) is 31.2 Å². The van der Waals surface area contributed by atoms with E-state index in [0.29, 0.717) is 0 Å². The number of methoxy groups -OCH3 is 1. The fraction of sp³-hybridized carbons (Fsp3) is 0.263. The Morgan fingerprint density at radius 1 is 1.00 bits per heavy atom. The summed E-state index contributed by atoms with van der Waals surface area (Å²) < 4.78 is 46.4. The number of alkyl halides is 3. The number of allylic oxidation sites excluding steroid dienone is 1. The topological polar surface area (TPSA) is 18.5 Å². The van der Waals surface area contributed by atoms with Crippen LogP contribution in [0, 0.1) is 5.92 Å². The van der Waals surface area contributed by atoms with Crippen LogP contribution in [-0.4, -0.2) is 13.5 Å². The molecule has 2 nitrogen and oxygen atoms in total. The zero-order valence-electron chi connectivity index (χ0n) is 13.4. The summed E-state index contributed by atoms with van der Waals surface area (Å²) >= 11 is 0. The highest BCUT2D eigenvalue weighted by Gasteiger charge is 2.31. The molecule has 24 heavy (non-hydrogen) atoms. The van der Waals surface area contributed by atoms with E-state index in [1.165, 1.54) is 12.1 Å². The predicted molar refractivity (Wildman–Crippen MR) is 86.9 cm³/mol.